The van der Waals surface area contributed by atoms with Gasteiger partial charge < -0.3 is 9.15 Å². The first kappa shape index (κ1) is 18.2. The molecule has 0 aliphatic carbocycles. The van der Waals surface area contributed by atoms with Gasteiger partial charge in [-0.3, -0.25) is 10.1 Å². The predicted octanol–water partition coefficient (Wildman–Crippen LogP) is 4.54. The van der Waals surface area contributed by atoms with E-state index in [0.29, 0.717) is 15.6 Å². The number of methoxy groups -OCH3 is 1. The summed E-state index contributed by atoms with van der Waals surface area (Å²) in [6.07, 6.45) is 0.172. The summed E-state index contributed by atoms with van der Waals surface area (Å²) in [6, 6.07) is 10.4. The Labute approximate surface area is 160 Å². The molecule has 0 radical (unpaired) electrons. The standard InChI is InChI=1S/C18H15Cl2N3O3/c1-10-5-11(3-4-15(10)25-2)6-16(24)21-18-23-22-17(26-18)12-7-13(19)9-14(20)8-12/h3-5,7-9H,6H2,1-2H3,(H,21,23,24). The summed E-state index contributed by atoms with van der Waals surface area (Å²) < 4.78 is 10.7. The second-order valence-corrected chi connectivity index (χ2v) is 6.47. The summed E-state index contributed by atoms with van der Waals surface area (Å²) in [7, 11) is 1.61. The summed E-state index contributed by atoms with van der Waals surface area (Å²) in [5.74, 6) is 0.717. The number of hydrogen-bond donors (Lipinski definition) is 1. The molecule has 0 unspecified atom stereocenters. The molecule has 134 valence electrons. The van der Waals surface area contributed by atoms with Crippen LogP contribution in [0.4, 0.5) is 6.01 Å². The smallest absolute Gasteiger partial charge is 0.322 e. The Hall–Kier alpha value is -2.57. The lowest BCUT2D eigenvalue weighted by atomic mass is 10.1. The van der Waals surface area contributed by atoms with Crippen molar-refractivity contribution in [1.29, 1.82) is 0 Å². The van der Waals surface area contributed by atoms with Gasteiger partial charge in [-0.25, -0.2) is 0 Å². The Balaban J connectivity index is 1.68. The van der Waals surface area contributed by atoms with E-state index in [1.165, 1.54) is 0 Å². The third-order valence-electron chi connectivity index (χ3n) is 3.60. The summed E-state index contributed by atoms with van der Waals surface area (Å²) in [4.78, 5) is 12.2. The number of ether oxygens (including phenoxy) is 1. The van der Waals surface area contributed by atoms with Crippen LogP contribution in [0.2, 0.25) is 10.0 Å². The van der Waals surface area contributed by atoms with Crippen LogP contribution in [0, 0.1) is 6.92 Å². The minimum Gasteiger partial charge on any atom is -0.496 e. The van der Waals surface area contributed by atoms with Crippen LogP contribution < -0.4 is 10.1 Å². The molecule has 0 aliphatic heterocycles. The second kappa shape index (κ2) is 7.76. The van der Waals surface area contributed by atoms with E-state index in [2.05, 4.69) is 15.5 Å². The molecule has 6 nitrogen and oxygen atoms in total. The molecule has 1 heterocycles. The van der Waals surface area contributed by atoms with Gasteiger partial charge in [-0.05, 0) is 42.3 Å². The Kier molecular flexibility index (Phi) is 5.44. The molecular formula is C18H15Cl2N3O3. The van der Waals surface area contributed by atoms with Gasteiger partial charge in [0, 0.05) is 15.6 Å². The van der Waals surface area contributed by atoms with Gasteiger partial charge in [0.1, 0.15) is 5.75 Å². The number of rotatable bonds is 5. The van der Waals surface area contributed by atoms with E-state index >= 15 is 0 Å². The van der Waals surface area contributed by atoms with E-state index in [1.807, 2.05) is 25.1 Å². The lowest BCUT2D eigenvalue weighted by molar-refractivity contribution is -0.115. The first-order valence-corrected chi connectivity index (χ1v) is 8.43. The maximum atomic E-state index is 12.2. The third kappa shape index (κ3) is 4.33. The Bertz CT molecular complexity index is 936. The number of aryl methyl sites for hydroxylation is 1. The van der Waals surface area contributed by atoms with Gasteiger partial charge in [0.15, 0.2) is 0 Å². The molecule has 3 rings (SSSR count). The number of anilines is 1. The van der Waals surface area contributed by atoms with E-state index in [9.17, 15) is 4.79 Å². The summed E-state index contributed by atoms with van der Waals surface area (Å²) in [6.45, 7) is 1.92. The first-order chi connectivity index (χ1) is 12.4. The van der Waals surface area contributed by atoms with E-state index < -0.39 is 0 Å². The largest absolute Gasteiger partial charge is 0.496 e. The van der Waals surface area contributed by atoms with Gasteiger partial charge in [0.05, 0.1) is 13.5 Å². The van der Waals surface area contributed by atoms with Crippen molar-refractivity contribution in [2.75, 3.05) is 12.4 Å². The van der Waals surface area contributed by atoms with Gasteiger partial charge in [-0.1, -0.05) is 40.4 Å². The molecule has 1 amide bonds. The van der Waals surface area contributed by atoms with Crippen LogP contribution in [0.5, 0.6) is 5.75 Å². The Morgan fingerprint density at radius 2 is 1.88 bits per heavy atom. The van der Waals surface area contributed by atoms with Crippen molar-refractivity contribution >= 4 is 35.1 Å². The van der Waals surface area contributed by atoms with Crippen LogP contribution in [0.25, 0.3) is 11.5 Å². The van der Waals surface area contributed by atoms with Crippen LogP contribution in [0.3, 0.4) is 0 Å². The molecule has 3 aromatic rings. The molecule has 0 atom stereocenters. The van der Waals surface area contributed by atoms with E-state index in [4.69, 9.17) is 32.4 Å². The van der Waals surface area contributed by atoms with Crippen molar-refractivity contribution < 1.29 is 13.9 Å². The van der Waals surface area contributed by atoms with E-state index in [1.54, 1.807) is 25.3 Å². The van der Waals surface area contributed by atoms with Crippen LogP contribution >= 0.6 is 23.2 Å². The van der Waals surface area contributed by atoms with E-state index in [0.717, 1.165) is 16.9 Å². The number of amides is 1. The molecule has 1 aromatic heterocycles. The van der Waals surface area contributed by atoms with Crippen LogP contribution in [-0.2, 0) is 11.2 Å². The highest BCUT2D eigenvalue weighted by atomic mass is 35.5. The molecule has 0 spiro atoms. The summed E-state index contributed by atoms with van der Waals surface area (Å²) in [5, 5.41) is 11.2. The molecule has 26 heavy (non-hydrogen) atoms. The van der Waals surface area contributed by atoms with Crippen molar-refractivity contribution in [3.05, 3.63) is 57.6 Å². The zero-order chi connectivity index (χ0) is 18.7. The van der Waals surface area contributed by atoms with Crippen molar-refractivity contribution in [3.8, 4) is 17.2 Å². The molecule has 0 bridgehead atoms. The van der Waals surface area contributed by atoms with Crippen LogP contribution in [-0.4, -0.2) is 23.2 Å². The molecule has 0 fully saturated rings. The minimum atomic E-state index is -0.270. The number of benzene rings is 2. The number of carbonyl (C=O) groups is 1. The fourth-order valence-electron chi connectivity index (χ4n) is 2.47. The molecule has 0 saturated heterocycles. The summed E-state index contributed by atoms with van der Waals surface area (Å²) in [5.41, 5.74) is 2.37. The van der Waals surface area contributed by atoms with E-state index in [-0.39, 0.29) is 24.2 Å². The normalized spacial score (nSPS) is 10.6. The lowest BCUT2D eigenvalue weighted by Gasteiger charge is -2.07. The van der Waals surface area contributed by atoms with Crippen molar-refractivity contribution in [3.63, 3.8) is 0 Å². The fraction of sp³-hybridized carbons (Fsp3) is 0.167. The van der Waals surface area contributed by atoms with Gasteiger partial charge >= 0.3 is 6.01 Å². The number of nitrogens with zero attached hydrogens (tertiary/aromatic N) is 2. The Morgan fingerprint density at radius 3 is 2.54 bits per heavy atom. The van der Waals surface area contributed by atoms with Gasteiger partial charge in [0.2, 0.25) is 11.8 Å². The number of nitrogens with one attached hydrogen (secondary N) is 1. The number of halogens is 2. The predicted molar refractivity (Wildman–Crippen MR) is 99.8 cm³/mol. The van der Waals surface area contributed by atoms with Gasteiger partial charge in [-0.15, -0.1) is 5.10 Å². The van der Waals surface area contributed by atoms with Crippen molar-refractivity contribution in [2.45, 2.75) is 13.3 Å². The van der Waals surface area contributed by atoms with Crippen LogP contribution in [0.15, 0.2) is 40.8 Å². The lowest BCUT2D eigenvalue weighted by Crippen LogP contribution is -2.14. The van der Waals surface area contributed by atoms with Crippen molar-refractivity contribution in [2.24, 2.45) is 0 Å². The highest BCUT2D eigenvalue weighted by Gasteiger charge is 2.13. The average Bonchev–Trinajstić information content (AvgIpc) is 3.02. The second-order valence-electron chi connectivity index (χ2n) is 5.60. The minimum absolute atomic E-state index is 0.00586. The molecular weight excluding hydrogens is 377 g/mol. The van der Waals surface area contributed by atoms with Gasteiger partial charge in [0.25, 0.3) is 0 Å². The maximum Gasteiger partial charge on any atom is 0.322 e. The maximum absolute atomic E-state index is 12.2. The monoisotopic (exact) mass is 391 g/mol. The number of hydrogen-bond acceptors (Lipinski definition) is 5. The van der Waals surface area contributed by atoms with Gasteiger partial charge in [-0.2, -0.15) is 0 Å². The van der Waals surface area contributed by atoms with Crippen LogP contribution in [0.1, 0.15) is 11.1 Å². The molecule has 0 aliphatic rings. The Morgan fingerprint density at radius 1 is 1.15 bits per heavy atom. The summed E-state index contributed by atoms with van der Waals surface area (Å²) >= 11 is 11.9. The zero-order valence-electron chi connectivity index (χ0n) is 14.0. The van der Waals surface area contributed by atoms with Crippen molar-refractivity contribution in [1.82, 2.24) is 10.2 Å². The quantitative estimate of drug-likeness (QED) is 0.690. The first-order valence-electron chi connectivity index (χ1n) is 7.68. The number of aromatic nitrogens is 2. The fourth-order valence-corrected chi connectivity index (χ4v) is 2.99. The molecule has 2 aromatic carbocycles. The average molecular weight is 392 g/mol. The highest BCUT2D eigenvalue weighted by Crippen LogP contribution is 2.27. The third-order valence-corrected chi connectivity index (χ3v) is 4.04. The SMILES string of the molecule is COc1ccc(CC(=O)Nc2nnc(-c3cc(Cl)cc(Cl)c3)o2)cc1C. The zero-order valence-corrected chi connectivity index (χ0v) is 15.6. The molecule has 1 N–H and O–H groups in total. The highest BCUT2D eigenvalue weighted by molar-refractivity contribution is 6.35. The molecule has 0 saturated carbocycles. The molecule has 8 heteroatoms. The topological polar surface area (TPSA) is 77.2 Å². The number of carbonyl (C=O) groups excluding carboxylic acids is 1.